The zero-order valence-corrected chi connectivity index (χ0v) is 11.6. The first kappa shape index (κ1) is 15.6. The van der Waals surface area contributed by atoms with Gasteiger partial charge in [-0.2, -0.15) is 13.2 Å². The Hall–Kier alpha value is -1.79. The number of fused-ring (bicyclic) bond motifs is 1. The van der Waals surface area contributed by atoms with Crippen molar-refractivity contribution in [3.63, 3.8) is 0 Å². The summed E-state index contributed by atoms with van der Waals surface area (Å²) in [4.78, 5) is 4.34. The van der Waals surface area contributed by atoms with Crippen molar-refractivity contribution < 1.29 is 17.9 Å². The first-order valence-corrected chi connectivity index (χ1v) is 6.93. The molecule has 1 aromatic heterocycles. The molecule has 7 heteroatoms. The quantitative estimate of drug-likeness (QED) is 0.499. The van der Waals surface area contributed by atoms with Crippen molar-refractivity contribution in [3.8, 4) is 5.88 Å². The minimum absolute atomic E-state index is 0.0917. The van der Waals surface area contributed by atoms with Crippen molar-refractivity contribution in [1.29, 1.82) is 5.41 Å². The Bertz CT molecular complexity index is 529. The second-order valence-corrected chi connectivity index (χ2v) is 5.13. The van der Waals surface area contributed by atoms with Gasteiger partial charge < -0.3 is 10.5 Å². The van der Waals surface area contributed by atoms with E-state index in [1.807, 2.05) is 0 Å². The molecule has 0 atom stereocenters. The topological polar surface area (TPSA) is 72.0 Å². The maximum Gasteiger partial charge on any atom is 0.389 e. The molecule has 21 heavy (non-hydrogen) atoms. The molecule has 116 valence electrons. The number of rotatable bonds is 5. The standard InChI is InChI=1S/C14H18F3N3O/c15-14(16,17)6-3-7-21-13-10(12(18)19)8-9-4-1-2-5-11(9)20-13/h8H,1-7H2,(H3,18,19). The lowest BCUT2D eigenvalue weighted by Gasteiger charge is -2.18. The van der Waals surface area contributed by atoms with Gasteiger partial charge in [0, 0.05) is 12.1 Å². The van der Waals surface area contributed by atoms with Crippen LogP contribution in [-0.2, 0) is 12.8 Å². The molecule has 0 saturated carbocycles. The third-order valence-corrected chi connectivity index (χ3v) is 3.40. The number of ether oxygens (including phenoxy) is 1. The van der Waals surface area contributed by atoms with Gasteiger partial charge in [-0.1, -0.05) is 0 Å². The van der Waals surface area contributed by atoms with E-state index in [0.29, 0.717) is 5.56 Å². The van der Waals surface area contributed by atoms with Gasteiger partial charge in [0.1, 0.15) is 5.84 Å². The van der Waals surface area contributed by atoms with E-state index in [0.717, 1.165) is 36.9 Å². The van der Waals surface area contributed by atoms with Crippen molar-refractivity contribution in [2.24, 2.45) is 5.73 Å². The number of nitrogens with zero attached hydrogens (tertiary/aromatic N) is 1. The number of alkyl halides is 3. The van der Waals surface area contributed by atoms with Crippen LogP contribution in [0.25, 0.3) is 0 Å². The van der Waals surface area contributed by atoms with Crippen LogP contribution in [-0.4, -0.2) is 23.6 Å². The van der Waals surface area contributed by atoms with E-state index in [4.69, 9.17) is 15.9 Å². The highest BCUT2D eigenvalue weighted by Crippen LogP contribution is 2.26. The van der Waals surface area contributed by atoms with Crippen LogP contribution in [0, 0.1) is 5.41 Å². The van der Waals surface area contributed by atoms with Crippen molar-refractivity contribution in [3.05, 3.63) is 22.9 Å². The van der Waals surface area contributed by atoms with E-state index < -0.39 is 12.6 Å². The number of nitrogen functional groups attached to an aromatic ring is 1. The van der Waals surface area contributed by atoms with Crippen LogP contribution in [0.1, 0.15) is 42.5 Å². The number of pyridine rings is 1. The zero-order chi connectivity index (χ0) is 15.5. The van der Waals surface area contributed by atoms with E-state index in [1.165, 1.54) is 0 Å². The second-order valence-electron chi connectivity index (χ2n) is 5.13. The summed E-state index contributed by atoms with van der Waals surface area (Å²) >= 11 is 0. The van der Waals surface area contributed by atoms with Crippen LogP contribution >= 0.6 is 0 Å². The first-order chi connectivity index (χ1) is 9.87. The Labute approximate surface area is 121 Å². The smallest absolute Gasteiger partial charge is 0.389 e. The number of hydrogen-bond acceptors (Lipinski definition) is 3. The summed E-state index contributed by atoms with van der Waals surface area (Å²) in [6, 6.07) is 1.78. The van der Waals surface area contributed by atoms with Gasteiger partial charge in [-0.25, -0.2) is 4.98 Å². The average molecular weight is 301 g/mol. The maximum absolute atomic E-state index is 12.1. The largest absolute Gasteiger partial charge is 0.477 e. The van der Waals surface area contributed by atoms with Gasteiger partial charge >= 0.3 is 6.18 Å². The molecule has 1 aliphatic carbocycles. The highest BCUT2D eigenvalue weighted by atomic mass is 19.4. The molecule has 0 spiro atoms. The summed E-state index contributed by atoms with van der Waals surface area (Å²) < 4.78 is 41.6. The Kier molecular flexibility index (Phi) is 4.69. The molecular formula is C14H18F3N3O. The molecule has 1 heterocycles. The normalized spacial score (nSPS) is 14.6. The fourth-order valence-electron chi connectivity index (χ4n) is 2.36. The molecule has 0 radical (unpaired) electrons. The summed E-state index contributed by atoms with van der Waals surface area (Å²) in [5.74, 6) is -0.00739. The minimum atomic E-state index is -4.18. The molecular weight excluding hydrogens is 283 g/mol. The molecule has 1 aromatic rings. The van der Waals surface area contributed by atoms with E-state index >= 15 is 0 Å². The summed E-state index contributed by atoms with van der Waals surface area (Å²) in [6.45, 7) is -0.0917. The molecule has 2 rings (SSSR count). The Morgan fingerprint density at radius 1 is 1.33 bits per heavy atom. The Balaban J connectivity index is 2.08. The summed E-state index contributed by atoms with van der Waals surface area (Å²) in [7, 11) is 0. The number of nitrogens with one attached hydrogen (secondary N) is 1. The van der Waals surface area contributed by atoms with Crippen LogP contribution in [0.15, 0.2) is 6.07 Å². The minimum Gasteiger partial charge on any atom is -0.477 e. The number of hydrogen-bond donors (Lipinski definition) is 2. The van der Waals surface area contributed by atoms with Gasteiger partial charge in [-0.05, 0) is 43.7 Å². The SMILES string of the molecule is N=C(N)c1cc2c(nc1OCCCC(F)(F)F)CCCC2. The molecule has 3 N–H and O–H groups in total. The number of aryl methyl sites for hydroxylation is 2. The van der Waals surface area contributed by atoms with Gasteiger partial charge in [-0.15, -0.1) is 0 Å². The predicted octanol–water partition coefficient (Wildman–Crippen LogP) is 2.97. The van der Waals surface area contributed by atoms with Crippen LogP contribution < -0.4 is 10.5 Å². The van der Waals surface area contributed by atoms with Crippen LogP contribution in [0.4, 0.5) is 13.2 Å². The van der Waals surface area contributed by atoms with Gasteiger partial charge in [-0.3, -0.25) is 5.41 Å². The van der Waals surface area contributed by atoms with Crippen molar-refractivity contribution in [2.45, 2.75) is 44.7 Å². The van der Waals surface area contributed by atoms with Crippen LogP contribution in [0.3, 0.4) is 0 Å². The first-order valence-electron chi connectivity index (χ1n) is 6.93. The second kappa shape index (κ2) is 6.32. The lowest BCUT2D eigenvalue weighted by atomic mass is 9.95. The number of amidine groups is 1. The van der Waals surface area contributed by atoms with Gasteiger partial charge in [0.05, 0.1) is 12.2 Å². The summed E-state index contributed by atoms with van der Waals surface area (Å²) in [5, 5.41) is 7.55. The number of halogens is 3. The maximum atomic E-state index is 12.1. The predicted molar refractivity (Wildman–Crippen MR) is 72.7 cm³/mol. The number of nitrogens with two attached hydrogens (primary N) is 1. The lowest BCUT2D eigenvalue weighted by molar-refractivity contribution is -0.136. The summed E-state index contributed by atoms with van der Waals surface area (Å²) in [5.41, 5.74) is 7.82. The van der Waals surface area contributed by atoms with Gasteiger partial charge in [0.25, 0.3) is 0 Å². The zero-order valence-electron chi connectivity index (χ0n) is 11.6. The molecule has 1 aliphatic rings. The Morgan fingerprint density at radius 2 is 2.05 bits per heavy atom. The third-order valence-electron chi connectivity index (χ3n) is 3.40. The molecule has 0 amide bonds. The fourth-order valence-corrected chi connectivity index (χ4v) is 2.36. The monoisotopic (exact) mass is 301 g/mol. The van der Waals surface area contributed by atoms with Crippen LogP contribution in [0.2, 0.25) is 0 Å². The molecule has 4 nitrogen and oxygen atoms in total. The molecule has 0 aliphatic heterocycles. The van der Waals surface area contributed by atoms with Gasteiger partial charge in [0.15, 0.2) is 0 Å². The molecule has 0 saturated heterocycles. The van der Waals surface area contributed by atoms with Crippen molar-refractivity contribution in [1.82, 2.24) is 4.98 Å². The highest BCUT2D eigenvalue weighted by molar-refractivity contribution is 5.97. The van der Waals surface area contributed by atoms with E-state index in [-0.39, 0.29) is 24.7 Å². The molecule has 0 fully saturated rings. The molecule has 0 bridgehead atoms. The van der Waals surface area contributed by atoms with E-state index in [2.05, 4.69) is 4.98 Å². The third kappa shape index (κ3) is 4.34. The lowest BCUT2D eigenvalue weighted by Crippen LogP contribution is -2.18. The van der Waals surface area contributed by atoms with Crippen LogP contribution in [0.5, 0.6) is 5.88 Å². The van der Waals surface area contributed by atoms with E-state index in [9.17, 15) is 13.2 Å². The number of aromatic nitrogens is 1. The average Bonchev–Trinajstić information content (AvgIpc) is 2.41. The highest BCUT2D eigenvalue weighted by Gasteiger charge is 2.26. The summed E-state index contributed by atoms with van der Waals surface area (Å²) in [6.07, 6.45) is -1.41. The van der Waals surface area contributed by atoms with E-state index in [1.54, 1.807) is 6.07 Å². The fraction of sp³-hybridized carbons (Fsp3) is 0.571. The molecule has 0 unspecified atom stereocenters. The van der Waals surface area contributed by atoms with Gasteiger partial charge in [0.2, 0.25) is 5.88 Å². The van der Waals surface area contributed by atoms with Crippen molar-refractivity contribution in [2.75, 3.05) is 6.61 Å². The Morgan fingerprint density at radius 3 is 2.71 bits per heavy atom. The molecule has 0 aromatic carbocycles. The van der Waals surface area contributed by atoms with Crippen molar-refractivity contribution >= 4 is 5.84 Å².